The van der Waals surface area contributed by atoms with Gasteiger partial charge in [-0.3, -0.25) is 10.1 Å². The van der Waals surface area contributed by atoms with Gasteiger partial charge in [0.2, 0.25) is 11.6 Å². The number of rotatable bonds is 7. The molecule has 0 bridgehead atoms. The van der Waals surface area contributed by atoms with Gasteiger partial charge in [-0.25, -0.2) is 22.8 Å². The number of ether oxygens (including phenoxy) is 1. The molecule has 2 heterocycles. The number of hydrogen-bond donors (Lipinski definition) is 1. The molecule has 1 aliphatic rings. The lowest BCUT2D eigenvalue weighted by molar-refractivity contribution is -0.383. The van der Waals surface area contributed by atoms with E-state index in [0.29, 0.717) is 37.4 Å². The van der Waals surface area contributed by atoms with E-state index in [9.17, 15) is 22.9 Å². The van der Waals surface area contributed by atoms with Gasteiger partial charge in [0.1, 0.15) is 24.0 Å². The summed E-state index contributed by atoms with van der Waals surface area (Å²) in [6.07, 6.45) is 3.46. The topological polar surface area (TPSA) is 128 Å². The molecular weight excluding hydrogens is 465 g/mol. The normalized spacial score (nSPS) is 14.6. The minimum Gasteiger partial charge on any atom is -0.490 e. The number of sulfone groups is 1. The highest BCUT2D eigenvalue weighted by atomic mass is 32.2. The van der Waals surface area contributed by atoms with Crippen LogP contribution in [0, 0.1) is 15.9 Å². The van der Waals surface area contributed by atoms with Crippen molar-refractivity contribution < 1.29 is 22.5 Å². The van der Waals surface area contributed by atoms with E-state index >= 15 is 0 Å². The third-order valence-electron chi connectivity index (χ3n) is 5.39. The van der Waals surface area contributed by atoms with Gasteiger partial charge >= 0.3 is 5.69 Å². The van der Waals surface area contributed by atoms with E-state index in [-0.39, 0.29) is 34.1 Å². The van der Waals surface area contributed by atoms with Crippen molar-refractivity contribution in [2.75, 3.05) is 29.6 Å². The van der Waals surface area contributed by atoms with Gasteiger partial charge in [0.15, 0.2) is 9.84 Å². The SMILES string of the molecule is CS(=O)(=O)c1ccc(Nc2ncnc(N3CCC(Oc4ccc(F)cc4)CC3)c2[N+](=O)[O-])cc1. The molecule has 3 aromatic rings. The summed E-state index contributed by atoms with van der Waals surface area (Å²) in [6.45, 7) is 0.957. The maximum absolute atomic E-state index is 13.1. The highest BCUT2D eigenvalue weighted by Crippen LogP contribution is 2.35. The smallest absolute Gasteiger partial charge is 0.353 e. The first kappa shape index (κ1) is 23.4. The van der Waals surface area contributed by atoms with Crippen LogP contribution in [0.3, 0.4) is 0 Å². The van der Waals surface area contributed by atoms with E-state index in [0.717, 1.165) is 6.26 Å². The first-order valence-corrected chi connectivity index (χ1v) is 12.3. The largest absolute Gasteiger partial charge is 0.490 e. The highest BCUT2D eigenvalue weighted by Gasteiger charge is 2.30. The molecule has 1 saturated heterocycles. The van der Waals surface area contributed by atoms with Crippen molar-refractivity contribution in [1.29, 1.82) is 0 Å². The second-order valence-electron chi connectivity index (χ2n) is 7.83. The molecule has 0 atom stereocenters. The predicted octanol–water partition coefficient (Wildman–Crippen LogP) is 3.72. The Hall–Kier alpha value is -3.80. The fraction of sp³-hybridized carbons (Fsp3) is 0.273. The number of benzene rings is 2. The first-order valence-electron chi connectivity index (χ1n) is 10.4. The van der Waals surface area contributed by atoms with Crippen LogP contribution in [0.4, 0.5) is 27.4 Å². The molecule has 178 valence electrons. The summed E-state index contributed by atoms with van der Waals surface area (Å²) in [4.78, 5) is 21.5. The molecule has 2 aromatic carbocycles. The molecule has 0 radical (unpaired) electrons. The second kappa shape index (κ2) is 9.59. The van der Waals surface area contributed by atoms with E-state index < -0.39 is 14.8 Å². The van der Waals surface area contributed by atoms with E-state index in [1.165, 1.54) is 42.7 Å². The zero-order valence-electron chi connectivity index (χ0n) is 18.2. The zero-order valence-corrected chi connectivity index (χ0v) is 19.0. The number of halogens is 1. The molecule has 1 N–H and O–H groups in total. The molecule has 4 rings (SSSR count). The molecule has 0 unspecified atom stereocenters. The summed E-state index contributed by atoms with van der Waals surface area (Å²) in [5, 5.41) is 14.8. The van der Waals surface area contributed by atoms with Gasteiger partial charge in [-0.15, -0.1) is 0 Å². The number of nitro groups is 1. The summed E-state index contributed by atoms with van der Waals surface area (Å²) in [6, 6.07) is 11.7. The molecule has 1 aliphatic heterocycles. The van der Waals surface area contributed by atoms with Crippen LogP contribution in [0.15, 0.2) is 59.8 Å². The molecule has 1 aromatic heterocycles. The standard InChI is InChI=1S/C22H22FN5O5S/c1-34(31,32)19-8-4-16(5-9-19)26-21-20(28(29)30)22(25-14-24-21)27-12-10-18(11-13-27)33-17-6-2-15(23)3-7-17/h2-9,14,18H,10-13H2,1H3,(H,24,25,26). The van der Waals surface area contributed by atoms with Gasteiger partial charge in [0.25, 0.3) is 0 Å². The molecule has 0 saturated carbocycles. The van der Waals surface area contributed by atoms with Gasteiger partial charge in [-0.05, 0) is 48.5 Å². The summed E-state index contributed by atoms with van der Waals surface area (Å²) >= 11 is 0. The lowest BCUT2D eigenvalue weighted by atomic mass is 10.1. The average Bonchev–Trinajstić information content (AvgIpc) is 2.80. The summed E-state index contributed by atoms with van der Waals surface area (Å²) in [5.41, 5.74) is 0.180. The Morgan fingerprint density at radius 2 is 1.74 bits per heavy atom. The summed E-state index contributed by atoms with van der Waals surface area (Å²) < 4.78 is 42.3. The van der Waals surface area contributed by atoms with E-state index in [4.69, 9.17) is 4.74 Å². The Kier molecular flexibility index (Phi) is 6.59. The van der Waals surface area contributed by atoms with Gasteiger partial charge in [-0.2, -0.15) is 0 Å². The van der Waals surface area contributed by atoms with Crippen LogP contribution in [-0.4, -0.2) is 48.8 Å². The number of hydrogen-bond acceptors (Lipinski definition) is 9. The molecular formula is C22H22FN5O5S. The van der Waals surface area contributed by atoms with E-state index in [1.807, 2.05) is 4.90 Å². The van der Waals surface area contributed by atoms with Crippen LogP contribution in [0.5, 0.6) is 5.75 Å². The highest BCUT2D eigenvalue weighted by molar-refractivity contribution is 7.90. The number of aromatic nitrogens is 2. The number of piperidine rings is 1. The molecule has 12 heteroatoms. The maximum atomic E-state index is 13.1. The molecule has 0 aliphatic carbocycles. The van der Waals surface area contributed by atoms with Crippen LogP contribution in [-0.2, 0) is 9.84 Å². The van der Waals surface area contributed by atoms with Crippen molar-refractivity contribution in [2.45, 2.75) is 23.8 Å². The minimum atomic E-state index is -3.36. The monoisotopic (exact) mass is 487 g/mol. The van der Waals surface area contributed by atoms with Crippen LogP contribution < -0.4 is 15.0 Å². The third-order valence-corrected chi connectivity index (χ3v) is 6.52. The lowest BCUT2D eigenvalue weighted by Crippen LogP contribution is -2.39. The van der Waals surface area contributed by atoms with Gasteiger partial charge < -0.3 is 15.0 Å². The van der Waals surface area contributed by atoms with Gasteiger partial charge in [0.05, 0.1) is 9.82 Å². The molecule has 10 nitrogen and oxygen atoms in total. The summed E-state index contributed by atoms with van der Waals surface area (Å²) in [5.74, 6) is 0.428. The quantitative estimate of drug-likeness (QED) is 0.392. The van der Waals surface area contributed by atoms with Crippen LogP contribution in [0.2, 0.25) is 0 Å². The van der Waals surface area contributed by atoms with Crippen molar-refractivity contribution >= 4 is 32.8 Å². The Balaban J connectivity index is 1.49. The molecule has 0 spiro atoms. The van der Waals surface area contributed by atoms with Crippen molar-refractivity contribution in [1.82, 2.24) is 9.97 Å². The van der Waals surface area contributed by atoms with Crippen molar-refractivity contribution in [3.05, 3.63) is 70.8 Å². The Labute approximate surface area is 195 Å². The minimum absolute atomic E-state index is 0.00629. The zero-order chi connectivity index (χ0) is 24.3. The maximum Gasteiger partial charge on any atom is 0.353 e. The number of nitrogens with one attached hydrogen (secondary N) is 1. The molecule has 0 amide bonds. The summed E-state index contributed by atoms with van der Waals surface area (Å²) in [7, 11) is -3.36. The first-order chi connectivity index (χ1) is 16.2. The van der Waals surface area contributed by atoms with Crippen molar-refractivity contribution in [2.24, 2.45) is 0 Å². The fourth-order valence-corrected chi connectivity index (χ4v) is 4.30. The van der Waals surface area contributed by atoms with Crippen LogP contribution >= 0.6 is 0 Å². The predicted molar refractivity (Wildman–Crippen MR) is 124 cm³/mol. The lowest BCUT2D eigenvalue weighted by Gasteiger charge is -2.32. The fourth-order valence-electron chi connectivity index (χ4n) is 3.67. The third kappa shape index (κ3) is 5.39. The average molecular weight is 488 g/mol. The second-order valence-corrected chi connectivity index (χ2v) is 9.85. The van der Waals surface area contributed by atoms with Crippen molar-refractivity contribution in [3.8, 4) is 5.75 Å². The number of nitrogens with zero attached hydrogens (tertiary/aromatic N) is 4. The van der Waals surface area contributed by atoms with Crippen LogP contribution in [0.25, 0.3) is 0 Å². The van der Waals surface area contributed by atoms with E-state index in [2.05, 4.69) is 15.3 Å². The Bertz CT molecular complexity index is 1280. The van der Waals surface area contributed by atoms with Crippen LogP contribution in [0.1, 0.15) is 12.8 Å². The van der Waals surface area contributed by atoms with E-state index in [1.54, 1.807) is 12.1 Å². The van der Waals surface area contributed by atoms with Crippen molar-refractivity contribution in [3.63, 3.8) is 0 Å². The van der Waals surface area contributed by atoms with Gasteiger partial charge in [0, 0.05) is 37.9 Å². The van der Waals surface area contributed by atoms with Gasteiger partial charge in [-0.1, -0.05) is 0 Å². The number of anilines is 3. The Morgan fingerprint density at radius 1 is 1.09 bits per heavy atom. The molecule has 1 fully saturated rings. The Morgan fingerprint density at radius 3 is 2.32 bits per heavy atom. The molecule has 34 heavy (non-hydrogen) atoms.